The number of benzene rings is 5. The maximum atomic E-state index is 5.26. The molecule has 8 rings (SSSR count). The highest BCUT2D eigenvalue weighted by Gasteiger charge is 2.42. The molecule has 0 saturated carbocycles. The Morgan fingerprint density at radius 2 is 0.956 bits per heavy atom. The average Bonchev–Trinajstić information content (AvgIpc) is 3.41. The normalized spacial score (nSPS) is 14.9. The number of aromatic nitrogens is 2. The van der Waals surface area contributed by atoms with Gasteiger partial charge in [0.25, 0.3) is 0 Å². The van der Waals surface area contributed by atoms with Crippen LogP contribution < -0.4 is 0 Å². The van der Waals surface area contributed by atoms with E-state index in [1.165, 1.54) is 55.6 Å². The number of hydrogen-bond donors (Lipinski definition) is 0. The number of hydrogen-bond acceptors (Lipinski definition) is 2. The van der Waals surface area contributed by atoms with Gasteiger partial charge in [-0.2, -0.15) is 0 Å². The van der Waals surface area contributed by atoms with Crippen molar-refractivity contribution in [1.29, 1.82) is 0 Å². The number of fused-ring (bicyclic) bond motifs is 6. The van der Waals surface area contributed by atoms with Gasteiger partial charge in [0.1, 0.15) is 0 Å². The molecular weight excluding hydrogens is 544 g/mol. The number of nitrogens with zero attached hydrogens (tertiary/aromatic N) is 2. The van der Waals surface area contributed by atoms with Gasteiger partial charge in [-0.05, 0) is 101 Å². The highest BCUT2D eigenvalue weighted by molar-refractivity contribution is 5.92. The molecule has 1 aromatic heterocycles. The Morgan fingerprint density at radius 3 is 1.51 bits per heavy atom. The largest absolute Gasteiger partial charge is 0.228 e. The molecule has 0 spiro atoms. The van der Waals surface area contributed by atoms with Crippen molar-refractivity contribution in [3.05, 3.63) is 142 Å². The fourth-order valence-electron chi connectivity index (χ4n) is 8.05. The van der Waals surface area contributed by atoms with Crippen LogP contribution in [0.4, 0.5) is 0 Å². The maximum absolute atomic E-state index is 5.26. The van der Waals surface area contributed by atoms with E-state index in [1.54, 1.807) is 0 Å². The standard InChI is InChI=1S/C43H38N2/c1-25-15-14-20-33-37(25)31-23-35-32(24-34(31)42(33,4)5)38-26(2)21-30(22-36(38)43(35,6)7)41-44-39(28-16-10-8-11-17-28)27(3)40(45-41)29-18-12-9-13-19-29/h8-24H,1-7H3. The molecule has 2 nitrogen and oxygen atoms in total. The predicted octanol–water partition coefficient (Wildman–Crippen LogP) is 11.0. The van der Waals surface area contributed by atoms with Gasteiger partial charge in [-0.25, -0.2) is 9.97 Å². The first-order valence-electron chi connectivity index (χ1n) is 16.0. The van der Waals surface area contributed by atoms with Crippen LogP contribution in [-0.2, 0) is 10.8 Å². The van der Waals surface area contributed by atoms with E-state index >= 15 is 0 Å². The zero-order valence-electron chi connectivity index (χ0n) is 27.2. The highest BCUT2D eigenvalue weighted by Crippen LogP contribution is 2.57. The Labute approximate surface area is 266 Å². The second kappa shape index (κ2) is 9.59. The molecule has 220 valence electrons. The summed E-state index contributed by atoms with van der Waals surface area (Å²) in [7, 11) is 0. The van der Waals surface area contributed by atoms with Crippen LogP contribution in [0.15, 0.2) is 103 Å². The molecule has 0 fully saturated rings. The summed E-state index contributed by atoms with van der Waals surface area (Å²) in [4.78, 5) is 10.5. The van der Waals surface area contributed by atoms with E-state index in [1.807, 2.05) is 0 Å². The second-order valence-electron chi connectivity index (χ2n) is 14.0. The number of aryl methyl sites for hydroxylation is 2. The van der Waals surface area contributed by atoms with Crippen molar-refractivity contribution in [2.24, 2.45) is 0 Å². The van der Waals surface area contributed by atoms with Crippen LogP contribution in [0.25, 0.3) is 56.2 Å². The molecule has 0 unspecified atom stereocenters. The molecule has 0 radical (unpaired) electrons. The molecule has 1 heterocycles. The van der Waals surface area contributed by atoms with Gasteiger partial charge in [0, 0.05) is 33.1 Å². The Hall–Kier alpha value is -4.82. The molecule has 0 amide bonds. The zero-order chi connectivity index (χ0) is 31.2. The second-order valence-corrected chi connectivity index (χ2v) is 14.0. The smallest absolute Gasteiger partial charge is 0.160 e. The van der Waals surface area contributed by atoms with Crippen LogP contribution in [0.2, 0.25) is 0 Å². The third-order valence-electron chi connectivity index (χ3n) is 10.5. The quantitative estimate of drug-likeness (QED) is 0.207. The summed E-state index contributed by atoms with van der Waals surface area (Å²) in [5.74, 6) is 0.768. The van der Waals surface area contributed by atoms with Crippen LogP contribution in [0, 0.1) is 20.8 Å². The van der Waals surface area contributed by atoms with Gasteiger partial charge < -0.3 is 0 Å². The summed E-state index contributed by atoms with van der Waals surface area (Å²) in [5.41, 5.74) is 19.9. The molecule has 2 aliphatic rings. The predicted molar refractivity (Wildman–Crippen MR) is 188 cm³/mol. The van der Waals surface area contributed by atoms with Gasteiger partial charge in [-0.1, -0.05) is 107 Å². The third-order valence-corrected chi connectivity index (χ3v) is 10.5. The Balaban J connectivity index is 1.33. The van der Waals surface area contributed by atoms with E-state index in [4.69, 9.17) is 9.97 Å². The SMILES string of the molecule is Cc1cccc2c1-c1cc3c(cc1C2(C)C)-c1c(C)cc(-c2nc(-c4ccccc4)c(C)c(-c4ccccc4)n2)cc1C3(C)C. The molecule has 2 aliphatic carbocycles. The first kappa shape index (κ1) is 27.7. The molecular formula is C43H38N2. The third kappa shape index (κ3) is 3.94. The van der Waals surface area contributed by atoms with E-state index in [9.17, 15) is 0 Å². The van der Waals surface area contributed by atoms with Crippen molar-refractivity contribution in [2.45, 2.75) is 59.3 Å². The fourth-order valence-corrected chi connectivity index (χ4v) is 8.05. The number of rotatable bonds is 3. The zero-order valence-corrected chi connectivity index (χ0v) is 27.2. The molecule has 0 N–H and O–H groups in total. The topological polar surface area (TPSA) is 25.8 Å². The van der Waals surface area contributed by atoms with Crippen LogP contribution >= 0.6 is 0 Å². The minimum Gasteiger partial charge on any atom is -0.228 e. The van der Waals surface area contributed by atoms with Gasteiger partial charge in [0.05, 0.1) is 11.4 Å². The molecule has 0 aliphatic heterocycles. The Kier molecular flexibility index (Phi) is 5.90. The fraction of sp³-hybridized carbons (Fsp3) is 0.209. The molecule has 0 atom stereocenters. The first-order chi connectivity index (χ1) is 21.6. The van der Waals surface area contributed by atoms with Crippen LogP contribution in [0.3, 0.4) is 0 Å². The van der Waals surface area contributed by atoms with Crippen molar-refractivity contribution in [2.75, 3.05) is 0 Å². The summed E-state index contributed by atoms with van der Waals surface area (Å²) in [6.45, 7) is 16.2. The molecule has 45 heavy (non-hydrogen) atoms. The van der Waals surface area contributed by atoms with E-state index < -0.39 is 0 Å². The summed E-state index contributed by atoms with van der Waals surface area (Å²) in [6, 6.07) is 37.5. The summed E-state index contributed by atoms with van der Waals surface area (Å²) in [5, 5.41) is 0. The van der Waals surface area contributed by atoms with Crippen molar-refractivity contribution < 1.29 is 0 Å². The lowest BCUT2D eigenvalue weighted by atomic mass is 9.79. The minimum atomic E-state index is -0.161. The van der Waals surface area contributed by atoms with E-state index in [-0.39, 0.29) is 10.8 Å². The monoisotopic (exact) mass is 582 g/mol. The average molecular weight is 583 g/mol. The van der Waals surface area contributed by atoms with Crippen molar-refractivity contribution in [3.63, 3.8) is 0 Å². The van der Waals surface area contributed by atoms with E-state index in [2.05, 4.69) is 152 Å². The first-order valence-corrected chi connectivity index (χ1v) is 16.0. The van der Waals surface area contributed by atoms with Gasteiger partial charge >= 0.3 is 0 Å². The minimum absolute atomic E-state index is 0.0378. The molecule has 0 bridgehead atoms. The van der Waals surface area contributed by atoms with Crippen molar-refractivity contribution in [3.8, 4) is 56.2 Å². The summed E-state index contributed by atoms with van der Waals surface area (Å²) < 4.78 is 0. The van der Waals surface area contributed by atoms with Gasteiger partial charge in [-0.3, -0.25) is 0 Å². The highest BCUT2D eigenvalue weighted by atomic mass is 14.9. The maximum Gasteiger partial charge on any atom is 0.160 e. The molecule has 5 aromatic carbocycles. The van der Waals surface area contributed by atoms with Crippen LogP contribution in [-0.4, -0.2) is 9.97 Å². The lowest BCUT2D eigenvalue weighted by Crippen LogP contribution is -2.17. The molecule has 2 heteroatoms. The Morgan fingerprint density at radius 1 is 0.444 bits per heavy atom. The lowest BCUT2D eigenvalue weighted by molar-refractivity contribution is 0.652. The van der Waals surface area contributed by atoms with Crippen LogP contribution in [0.1, 0.15) is 66.6 Å². The lowest BCUT2D eigenvalue weighted by Gasteiger charge is -2.24. The molecule has 6 aromatic rings. The van der Waals surface area contributed by atoms with Gasteiger partial charge in [0.15, 0.2) is 5.82 Å². The summed E-state index contributed by atoms with van der Waals surface area (Å²) in [6.07, 6.45) is 0. The van der Waals surface area contributed by atoms with E-state index in [0.29, 0.717) is 0 Å². The summed E-state index contributed by atoms with van der Waals surface area (Å²) >= 11 is 0. The van der Waals surface area contributed by atoms with Gasteiger partial charge in [0.2, 0.25) is 0 Å². The van der Waals surface area contributed by atoms with E-state index in [0.717, 1.165) is 39.5 Å². The molecule has 0 saturated heterocycles. The van der Waals surface area contributed by atoms with Crippen molar-refractivity contribution in [1.82, 2.24) is 9.97 Å². The van der Waals surface area contributed by atoms with Crippen molar-refractivity contribution >= 4 is 0 Å². The van der Waals surface area contributed by atoms with Gasteiger partial charge in [-0.15, -0.1) is 0 Å². The van der Waals surface area contributed by atoms with Crippen LogP contribution in [0.5, 0.6) is 0 Å². The Bertz CT molecular complexity index is 2110.